The van der Waals surface area contributed by atoms with E-state index in [0.717, 1.165) is 0 Å². The highest BCUT2D eigenvalue weighted by atomic mass is 16.3. The van der Waals surface area contributed by atoms with Gasteiger partial charge in [0.15, 0.2) is 12.0 Å². The molecule has 5 heteroatoms. The molecule has 0 amide bonds. The Kier molecular flexibility index (Phi) is 3.60. The van der Waals surface area contributed by atoms with Crippen molar-refractivity contribution in [3.8, 4) is 0 Å². The molecule has 0 aliphatic carbocycles. The van der Waals surface area contributed by atoms with E-state index in [1.165, 1.54) is 10.8 Å². The predicted molar refractivity (Wildman–Crippen MR) is 71.8 cm³/mol. The summed E-state index contributed by atoms with van der Waals surface area (Å²) in [5, 5.41) is 23.9. The summed E-state index contributed by atoms with van der Waals surface area (Å²) in [5.74, 6) is -0.0458. The zero-order chi connectivity index (χ0) is 14.3. The van der Waals surface area contributed by atoms with Crippen LogP contribution in [0, 0.1) is 5.92 Å². The summed E-state index contributed by atoms with van der Waals surface area (Å²) in [6, 6.07) is 0. The van der Waals surface area contributed by atoms with Crippen LogP contribution < -0.4 is 0 Å². The molecule has 1 aliphatic heterocycles. The van der Waals surface area contributed by atoms with Crippen molar-refractivity contribution >= 4 is 11.9 Å². The second-order valence-electron chi connectivity index (χ2n) is 5.53. The van der Waals surface area contributed by atoms with Gasteiger partial charge >= 0.3 is 0 Å². The third-order valence-corrected chi connectivity index (χ3v) is 3.30. The fraction of sp³-hybridized carbons (Fsp3) is 0.571. The number of nitrogens with zero attached hydrogens (tertiary/aromatic N) is 2. The third-order valence-electron chi connectivity index (χ3n) is 3.30. The summed E-state index contributed by atoms with van der Waals surface area (Å²) in [7, 11) is 0. The van der Waals surface area contributed by atoms with Crippen LogP contribution in [0.4, 0.5) is 0 Å². The number of fused-ring (bicyclic) bond motifs is 1. The van der Waals surface area contributed by atoms with Crippen LogP contribution in [0.1, 0.15) is 61.6 Å². The molecule has 0 aromatic carbocycles. The molecule has 2 rings (SSSR count). The highest BCUT2D eigenvalue weighted by Crippen LogP contribution is 2.30. The first-order valence-electron chi connectivity index (χ1n) is 6.55. The van der Waals surface area contributed by atoms with Crippen LogP contribution in [-0.4, -0.2) is 31.9 Å². The van der Waals surface area contributed by atoms with Gasteiger partial charge in [0.2, 0.25) is 0 Å². The lowest BCUT2D eigenvalue weighted by molar-refractivity contribution is -0.0138. The number of carbonyl (C=O) groups is 1. The number of aliphatic hydroxyl groups is 2. The van der Waals surface area contributed by atoms with Crippen LogP contribution in [0.15, 0.2) is 6.08 Å². The molecule has 2 unspecified atom stereocenters. The smallest absolute Gasteiger partial charge is 0.177 e. The molecule has 1 aromatic heterocycles. The van der Waals surface area contributed by atoms with Crippen molar-refractivity contribution in [1.82, 2.24) is 9.78 Å². The zero-order valence-corrected chi connectivity index (χ0v) is 11.7. The van der Waals surface area contributed by atoms with E-state index in [2.05, 4.69) is 5.10 Å². The largest absolute Gasteiger partial charge is 0.384 e. The first-order valence-corrected chi connectivity index (χ1v) is 6.55. The van der Waals surface area contributed by atoms with Crippen molar-refractivity contribution in [2.24, 2.45) is 5.92 Å². The minimum atomic E-state index is -1.13. The Morgan fingerprint density at radius 3 is 2.47 bits per heavy atom. The number of ketones is 1. The monoisotopic (exact) mass is 264 g/mol. The van der Waals surface area contributed by atoms with Gasteiger partial charge < -0.3 is 10.2 Å². The van der Waals surface area contributed by atoms with Gasteiger partial charge in [-0.15, -0.1) is 0 Å². The molecule has 2 heterocycles. The Labute approximate surface area is 112 Å². The topological polar surface area (TPSA) is 75.4 Å². The molecule has 104 valence electrons. The summed E-state index contributed by atoms with van der Waals surface area (Å²) in [6.07, 6.45) is 1.02. The van der Waals surface area contributed by atoms with Crippen LogP contribution in [-0.2, 0) is 0 Å². The zero-order valence-electron chi connectivity index (χ0n) is 11.7. The highest BCUT2D eigenvalue weighted by Gasteiger charge is 2.31. The molecule has 0 saturated heterocycles. The Morgan fingerprint density at radius 1 is 1.32 bits per heavy atom. The number of rotatable bonds is 3. The van der Waals surface area contributed by atoms with E-state index in [4.69, 9.17) is 0 Å². The number of aliphatic hydroxyl groups excluding tert-OH is 2. The van der Waals surface area contributed by atoms with Gasteiger partial charge in [-0.05, 0) is 18.1 Å². The number of hydrogen-bond acceptors (Lipinski definition) is 4. The van der Waals surface area contributed by atoms with Crippen molar-refractivity contribution in [1.29, 1.82) is 0 Å². The Balaban J connectivity index is 2.63. The van der Waals surface area contributed by atoms with Gasteiger partial charge in [0.05, 0.1) is 17.0 Å². The summed E-state index contributed by atoms with van der Waals surface area (Å²) in [5.41, 5.74) is 1.82. The summed E-state index contributed by atoms with van der Waals surface area (Å²) < 4.78 is 1.34. The van der Waals surface area contributed by atoms with Crippen LogP contribution in [0.5, 0.6) is 0 Å². The quantitative estimate of drug-likeness (QED) is 0.815. The molecular formula is C14H20N2O3. The van der Waals surface area contributed by atoms with E-state index in [9.17, 15) is 15.0 Å². The molecule has 2 N–H and O–H groups in total. The summed E-state index contributed by atoms with van der Waals surface area (Å²) in [4.78, 5) is 12.4. The van der Waals surface area contributed by atoms with Crippen LogP contribution in [0.2, 0.25) is 0 Å². The molecular weight excluding hydrogens is 244 g/mol. The maximum Gasteiger partial charge on any atom is 0.177 e. The molecule has 0 fully saturated rings. The average Bonchev–Trinajstić information content (AvgIpc) is 2.72. The van der Waals surface area contributed by atoms with E-state index >= 15 is 0 Å². The fourth-order valence-electron chi connectivity index (χ4n) is 2.21. The van der Waals surface area contributed by atoms with Gasteiger partial charge in [0.25, 0.3) is 0 Å². The van der Waals surface area contributed by atoms with Crippen molar-refractivity contribution in [3.63, 3.8) is 0 Å². The van der Waals surface area contributed by atoms with Crippen molar-refractivity contribution in [2.45, 2.75) is 45.9 Å². The molecule has 19 heavy (non-hydrogen) atoms. The van der Waals surface area contributed by atoms with E-state index in [0.29, 0.717) is 17.0 Å². The van der Waals surface area contributed by atoms with Gasteiger partial charge in [-0.2, -0.15) is 5.10 Å². The Hall–Kier alpha value is -1.46. The highest BCUT2D eigenvalue weighted by molar-refractivity contribution is 6.01. The lowest BCUT2D eigenvalue weighted by Crippen LogP contribution is -2.27. The lowest BCUT2D eigenvalue weighted by atomic mass is 9.94. The van der Waals surface area contributed by atoms with Gasteiger partial charge in [-0.3, -0.25) is 4.79 Å². The molecule has 1 aliphatic rings. The fourth-order valence-corrected chi connectivity index (χ4v) is 2.21. The van der Waals surface area contributed by atoms with Gasteiger partial charge in [-0.1, -0.05) is 27.7 Å². The number of Topliss-reactive ketones (excluding diaryl/α,β-unsaturated/α-hetero) is 1. The number of carbonyl (C=O) groups excluding carboxylic acids is 1. The standard InChI is InChI=1S/C14H20N2O3/c1-7(2)12-11(13(18)8(3)4)9-5-6-10(17)14(19)16(9)15-12/h5-8,10,14,17,19H,1-4H3. The lowest BCUT2D eigenvalue weighted by Gasteiger charge is -2.21. The normalized spacial score (nSPS) is 22.1. The van der Waals surface area contributed by atoms with Crippen LogP contribution in [0.3, 0.4) is 0 Å². The van der Waals surface area contributed by atoms with Gasteiger partial charge in [-0.25, -0.2) is 4.68 Å². The molecule has 0 bridgehead atoms. The summed E-state index contributed by atoms with van der Waals surface area (Å²) >= 11 is 0. The number of hydrogen-bond donors (Lipinski definition) is 2. The third kappa shape index (κ3) is 2.24. The Bertz CT molecular complexity index is 529. The molecule has 0 radical (unpaired) electrons. The first kappa shape index (κ1) is 14.0. The molecule has 0 saturated carbocycles. The minimum Gasteiger partial charge on any atom is -0.384 e. The first-order chi connectivity index (χ1) is 8.84. The van der Waals surface area contributed by atoms with E-state index < -0.39 is 12.3 Å². The summed E-state index contributed by atoms with van der Waals surface area (Å²) in [6.45, 7) is 7.60. The Morgan fingerprint density at radius 2 is 1.95 bits per heavy atom. The van der Waals surface area contributed by atoms with Crippen LogP contribution >= 0.6 is 0 Å². The second kappa shape index (κ2) is 4.90. The van der Waals surface area contributed by atoms with E-state index in [1.54, 1.807) is 6.08 Å². The van der Waals surface area contributed by atoms with Crippen LogP contribution in [0.25, 0.3) is 6.08 Å². The SMILES string of the molecule is CC(C)C(=O)c1c(C(C)C)nn2c1C=CC(O)C2O. The predicted octanol–water partition coefficient (Wildman–Crippen LogP) is 1.72. The van der Waals surface area contributed by atoms with Crippen molar-refractivity contribution < 1.29 is 15.0 Å². The molecule has 5 nitrogen and oxygen atoms in total. The minimum absolute atomic E-state index is 0.0122. The molecule has 0 spiro atoms. The molecule has 1 aromatic rings. The van der Waals surface area contributed by atoms with Crippen molar-refractivity contribution in [2.75, 3.05) is 0 Å². The maximum absolute atomic E-state index is 12.4. The van der Waals surface area contributed by atoms with Crippen molar-refractivity contribution in [3.05, 3.63) is 23.0 Å². The van der Waals surface area contributed by atoms with E-state index in [-0.39, 0.29) is 17.6 Å². The molecule has 2 atom stereocenters. The average molecular weight is 264 g/mol. The van der Waals surface area contributed by atoms with E-state index in [1.807, 2.05) is 27.7 Å². The van der Waals surface area contributed by atoms with Gasteiger partial charge in [0, 0.05) is 5.92 Å². The number of aromatic nitrogens is 2. The van der Waals surface area contributed by atoms with Gasteiger partial charge in [0.1, 0.15) is 6.10 Å². The second-order valence-corrected chi connectivity index (χ2v) is 5.53. The maximum atomic E-state index is 12.4.